The minimum absolute atomic E-state index is 0.697. The fourth-order valence-corrected chi connectivity index (χ4v) is 0.872. The lowest BCUT2D eigenvalue weighted by Gasteiger charge is -1.96. The summed E-state index contributed by atoms with van der Waals surface area (Å²) in [7, 11) is 0. The number of hydrogen-bond acceptors (Lipinski definition) is 3. The Labute approximate surface area is 72.1 Å². The molecule has 64 valence electrons. The number of terminal acetylenes is 1. The molecule has 0 radical (unpaired) electrons. The van der Waals surface area contributed by atoms with Gasteiger partial charge in [0.05, 0.1) is 12.2 Å². The van der Waals surface area contributed by atoms with Crippen LogP contribution in [0.3, 0.4) is 0 Å². The highest BCUT2D eigenvalue weighted by Gasteiger charge is 1.97. The van der Waals surface area contributed by atoms with Gasteiger partial charge in [0.1, 0.15) is 0 Å². The first-order chi connectivity index (χ1) is 5.83. The summed E-state index contributed by atoms with van der Waals surface area (Å²) in [4.78, 5) is 0. The molecule has 0 unspecified atom stereocenters. The summed E-state index contributed by atoms with van der Waals surface area (Å²) in [5.74, 6) is 3.40. The Morgan fingerprint density at radius 3 is 3.17 bits per heavy atom. The van der Waals surface area contributed by atoms with Crippen LogP contribution in [0.5, 0.6) is 0 Å². The molecule has 1 aromatic rings. The average molecular weight is 164 g/mol. The summed E-state index contributed by atoms with van der Waals surface area (Å²) in [6.45, 7) is 3.41. The number of aromatic nitrogens is 1. The van der Waals surface area contributed by atoms with Crippen molar-refractivity contribution in [2.75, 3.05) is 6.54 Å². The molecule has 0 saturated heterocycles. The van der Waals surface area contributed by atoms with Crippen molar-refractivity contribution in [1.82, 2.24) is 10.5 Å². The standard InChI is InChI=1S/C9H12N2O/c1-3-4-5-10-7-9-6-8(2)11-12-9/h1,6,10H,4-5,7H2,2H3. The molecule has 0 saturated carbocycles. The third kappa shape index (κ3) is 2.77. The van der Waals surface area contributed by atoms with Gasteiger partial charge in [0, 0.05) is 19.0 Å². The van der Waals surface area contributed by atoms with E-state index in [2.05, 4.69) is 16.4 Å². The molecular weight excluding hydrogens is 152 g/mol. The fraction of sp³-hybridized carbons (Fsp3) is 0.444. The maximum atomic E-state index is 5.09. The smallest absolute Gasteiger partial charge is 0.150 e. The lowest BCUT2D eigenvalue weighted by Crippen LogP contribution is -2.13. The van der Waals surface area contributed by atoms with Crippen LogP contribution in [0.15, 0.2) is 10.6 Å². The van der Waals surface area contributed by atoms with Crippen LogP contribution in [0.4, 0.5) is 0 Å². The molecule has 0 spiro atoms. The number of hydrogen-bond donors (Lipinski definition) is 1. The Balaban J connectivity index is 2.21. The maximum Gasteiger partial charge on any atom is 0.150 e. The van der Waals surface area contributed by atoms with Gasteiger partial charge in [-0.15, -0.1) is 12.3 Å². The Morgan fingerprint density at radius 2 is 2.58 bits per heavy atom. The van der Waals surface area contributed by atoms with Gasteiger partial charge in [-0.3, -0.25) is 0 Å². The van der Waals surface area contributed by atoms with E-state index in [4.69, 9.17) is 10.9 Å². The van der Waals surface area contributed by atoms with Crippen molar-refractivity contribution in [2.45, 2.75) is 19.9 Å². The van der Waals surface area contributed by atoms with E-state index in [9.17, 15) is 0 Å². The largest absolute Gasteiger partial charge is 0.360 e. The summed E-state index contributed by atoms with van der Waals surface area (Å²) in [6.07, 6.45) is 5.83. The lowest BCUT2D eigenvalue weighted by atomic mass is 10.3. The molecule has 0 aliphatic rings. The number of rotatable bonds is 4. The summed E-state index contributed by atoms with van der Waals surface area (Å²) in [6, 6.07) is 1.91. The van der Waals surface area contributed by atoms with Gasteiger partial charge in [-0.1, -0.05) is 5.16 Å². The fourth-order valence-electron chi connectivity index (χ4n) is 0.872. The normalized spacial score (nSPS) is 9.67. The second-order valence-corrected chi connectivity index (χ2v) is 2.57. The van der Waals surface area contributed by atoms with E-state index in [0.717, 1.165) is 24.4 Å². The van der Waals surface area contributed by atoms with Gasteiger partial charge in [-0.25, -0.2) is 0 Å². The van der Waals surface area contributed by atoms with E-state index in [-0.39, 0.29) is 0 Å². The van der Waals surface area contributed by atoms with Crippen LogP contribution >= 0.6 is 0 Å². The second-order valence-electron chi connectivity index (χ2n) is 2.57. The van der Waals surface area contributed by atoms with Gasteiger partial charge in [-0.2, -0.15) is 0 Å². The van der Waals surface area contributed by atoms with Gasteiger partial charge in [-0.05, 0) is 6.92 Å². The SMILES string of the molecule is C#CCCNCc1cc(C)no1. The molecule has 1 rings (SSSR count). The first-order valence-electron chi connectivity index (χ1n) is 3.89. The first kappa shape index (κ1) is 8.82. The van der Waals surface area contributed by atoms with E-state index in [1.807, 2.05) is 13.0 Å². The van der Waals surface area contributed by atoms with E-state index >= 15 is 0 Å². The Morgan fingerprint density at radius 1 is 1.75 bits per heavy atom. The predicted molar refractivity (Wildman–Crippen MR) is 46.4 cm³/mol. The zero-order valence-corrected chi connectivity index (χ0v) is 7.13. The Bertz CT molecular complexity index is 272. The molecule has 3 heteroatoms. The van der Waals surface area contributed by atoms with Crippen molar-refractivity contribution < 1.29 is 4.52 Å². The van der Waals surface area contributed by atoms with Gasteiger partial charge in [0.25, 0.3) is 0 Å². The maximum absolute atomic E-state index is 5.09. The van der Waals surface area contributed by atoms with Gasteiger partial charge in [0.2, 0.25) is 0 Å². The quantitative estimate of drug-likeness (QED) is 0.535. The molecule has 3 nitrogen and oxygen atoms in total. The van der Waals surface area contributed by atoms with Crippen LogP contribution in [0.25, 0.3) is 0 Å². The predicted octanol–water partition coefficient (Wildman–Crippen LogP) is 1.10. The van der Waals surface area contributed by atoms with Crippen molar-refractivity contribution in [3.05, 3.63) is 17.5 Å². The van der Waals surface area contributed by atoms with Gasteiger partial charge in [0.15, 0.2) is 5.76 Å². The molecule has 1 aromatic heterocycles. The molecule has 0 fully saturated rings. The van der Waals surface area contributed by atoms with Crippen LogP contribution in [-0.2, 0) is 6.54 Å². The molecular formula is C9H12N2O. The molecule has 1 N–H and O–H groups in total. The highest BCUT2D eigenvalue weighted by Crippen LogP contribution is 2.00. The molecule has 1 heterocycles. The lowest BCUT2D eigenvalue weighted by molar-refractivity contribution is 0.370. The zero-order chi connectivity index (χ0) is 8.81. The molecule has 12 heavy (non-hydrogen) atoms. The minimum Gasteiger partial charge on any atom is -0.360 e. The summed E-state index contributed by atoms with van der Waals surface area (Å²) < 4.78 is 4.98. The first-order valence-corrected chi connectivity index (χ1v) is 3.89. The third-order valence-electron chi connectivity index (χ3n) is 1.42. The molecule has 0 atom stereocenters. The van der Waals surface area contributed by atoms with Crippen LogP contribution in [-0.4, -0.2) is 11.7 Å². The summed E-state index contributed by atoms with van der Waals surface area (Å²) in [5.41, 5.74) is 0.906. The number of nitrogens with one attached hydrogen (secondary N) is 1. The van der Waals surface area contributed by atoms with Crippen molar-refractivity contribution in [3.63, 3.8) is 0 Å². The van der Waals surface area contributed by atoms with Crippen LogP contribution in [0, 0.1) is 19.3 Å². The Kier molecular flexibility index (Phi) is 3.36. The van der Waals surface area contributed by atoms with Crippen LogP contribution < -0.4 is 5.32 Å². The topological polar surface area (TPSA) is 38.1 Å². The number of aryl methyl sites for hydroxylation is 1. The summed E-state index contributed by atoms with van der Waals surface area (Å²) >= 11 is 0. The van der Waals surface area contributed by atoms with Crippen molar-refractivity contribution in [3.8, 4) is 12.3 Å². The van der Waals surface area contributed by atoms with Crippen molar-refractivity contribution >= 4 is 0 Å². The molecule has 0 aliphatic carbocycles. The molecule has 0 aromatic carbocycles. The van der Waals surface area contributed by atoms with E-state index in [1.165, 1.54) is 0 Å². The molecule has 0 bridgehead atoms. The average Bonchev–Trinajstić information content (AvgIpc) is 2.45. The van der Waals surface area contributed by atoms with E-state index < -0.39 is 0 Å². The van der Waals surface area contributed by atoms with Gasteiger partial charge >= 0.3 is 0 Å². The minimum atomic E-state index is 0.697. The van der Waals surface area contributed by atoms with Crippen molar-refractivity contribution in [1.29, 1.82) is 0 Å². The third-order valence-corrected chi connectivity index (χ3v) is 1.42. The highest BCUT2D eigenvalue weighted by molar-refractivity contribution is 5.02. The number of nitrogens with zero attached hydrogens (tertiary/aromatic N) is 1. The molecule has 0 aliphatic heterocycles. The zero-order valence-electron chi connectivity index (χ0n) is 7.13. The Hall–Kier alpha value is -1.27. The van der Waals surface area contributed by atoms with Crippen LogP contribution in [0.2, 0.25) is 0 Å². The summed E-state index contributed by atoms with van der Waals surface area (Å²) in [5, 5.41) is 6.90. The second kappa shape index (κ2) is 4.58. The monoisotopic (exact) mass is 164 g/mol. The van der Waals surface area contributed by atoms with Crippen LogP contribution in [0.1, 0.15) is 17.9 Å². The molecule has 0 amide bonds. The van der Waals surface area contributed by atoms with E-state index in [0.29, 0.717) is 6.54 Å². The van der Waals surface area contributed by atoms with Gasteiger partial charge < -0.3 is 9.84 Å². The van der Waals surface area contributed by atoms with Crippen molar-refractivity contribution in [2.24, 2.45) is 0 Å². The van der Waals surface area contributed by atoms with E-state index in [1.54, 1.807) is 0 Å². The highest BCUT2D eigenvalue weighted by atomic mass is 16.5.